The second-order valence-corrected chi connectivity index (χ2v) is 5.37. The van der Waals surface area contributed by atoms with Crippen molar-refractivity contribution in [3.63, 3.8) is 0 Å². The predicted molar refractivity (Wildman–Crippen MR) is 67.8 cm³/mol. The minimum Gasteiger partial charge on any atom is -0.482 e. The summed E-state index contributed by atoms with van der Waals surface area (Å²) in [5.74, 6) is 1.40. The molecule has 20 heavy (non-hydrogen) atoms. The number of ether oxygens (including phenoxy) is 1. The van der Waals surface area contributed by atoms with Gasteiger partial charge in [-0.25, -0.2) is 0 Å². The Balaban J connectivity index is 1.66. The minimum atomic E-state index is -4.33. The van der Waals surface area contributed by atoms with Crippen LogP contribution in [-0.2, 0) is 0 Å². The van der Waals surface area contributed by atoms with Crippen LogP contribution in [0, 0.1) is 11.8 Å². The van der Waals surface area contributed by atoms with E-state index in [9.17, 15) is 13.2 Å². The number of rotatable bonds is 3. The summed E-state index contributed by atoms with van der Waals surface area (Å²) in [5.41, 5.74) is 0.832. The van der Waals surface area contributed by atoms with Crippen molar-refractivity contribution < 1.29 is 17.9 Å². The van der Waals surface area contributed by atoms with E-state index in [0.717, 1.165) is 31.9 Å². The van der Waals surface area contributed by atoms with E-state index in [0.29, 0.717) is 11.8 Å². The highest BCUT2D eigenvalue weighted by molar-refractivity contribution is 5.49. The summed E-state index contributed by atoms with van der Waals surface area (Å²) in [4.78, 5) is 6.14. The van der Waals surface area contributed by atoms with Crippen molar-refractivity contribution >= 4 is 5.69 Å². The summed E-state index contributed by atoms with van der Waals surface area (Å²) < 4.78 is 41.1. The summed E-state index contributed by atoms with van der Waals surface area (Å²) >= 11 is 0. The average Bonchev–Trinajstić information content (AvgIpc) is 2.96. The molecule has 4 nitrogen and oxygen atoms in total. The Kier molecular flexibility index (Phi) is 3.45. The van der Waals surface area contributed by atoms with Gasteiger partial charge in [-0.2, -0.15) is 13.2 Å². The number of alkyl halides is 3. The van der Waals surface area contributed by atoms with Crippen molar-refractivity contribution in [2.75, 3.05) is 37.7 Å². The summed E-state index contributed by atoms with van der Waals surface area (Å²) in [6.07, 6.45) is -1.34. The summed E-state index contributed by atoms with van der Waals surface area (Å²) in [5, 5.41) is 3.35. The molecule has 0 saturated carbocycles. The summed E-state index contributed by atoms with van der Waals surface area (Å²) in [6, 6.07) is 1.63. The molecular formula is C13H16F3N3O. The van der Waals surface area contributed by atoms with Gasteiger partial charge in [0.25, 0.3) is 0 Å². The first-order valence-corrected chi connectivity index (χ1v) is 6.61. The van der Waals surface area contributed by atoms with Gasteiger partial charge in [0, 0.05) is 32.2 Å². The summed E-state index contributed by atoms with van der Waals surface area (Å²) in [6.45, 7) is 2.58. The Hall–Kier alpha value is -1.50. The molecule has 2 fully saturated rings. The molecule has 2 unspecified atom stereocenters. The third-order valence-electron chi connectivity index (χ3n) is 3.86. The fourth-order valence-electron chi connectivity index (χ4n) is 2.89. The van der Waals surface area contributed by atoms with Gasteiger partial charge >= 0.3 is 6.18 Å². The molecule has 1 aromatic rings. The molecule has 2 aliphatic heterocycles. The number of halogens is 3. The van der Waals surface area contributed by atoms with Crippen molar-refractivity contribution in [2.24, 2.45) is 11.8 Å². The average molecular weight is 287 g/mol. The van der Waals surface area contributed by atoms with Crippen molar-refractivity contribution in [1.29, 1.82) is 0 Å². The quantitative estimate of drug-likeness (QED) is 0.918. The van der Waals surface area contributed by atoms with E-state index in [2.05, 4.69) is 15.2 Å². The molecule has 3 heterocycles. The van der Waals surface area contributed by atoms with E-state index < -0.39 is 12.8 Å². The van der Waals surface area contributed by atoms with Gasteiger partial charge in [0.05, 0.1) is 18.1 Å². The van der Waals surface area contributed by atoms with E-state index in [1.54, 1.807) is 12.3 Å². The van der Waals surface area contributed by atoms with Crippen LogP contribution >= 0.6 is 0 Å². The lowest BCUT2D eigenvalue weighted by Gasteiger charge is -2.20. The van der Waals surface area contributed by atoms with Crippen LogP contribution in [0.25, 0.3) is 0 Å². The molecular weight excluding hydrogens is 271 g/mol. The Labute approximate surface area is 114 Å². The molecule has 1 aromatic heterocycles. The van der Waals surface area contributed by atoms with Gasteiger partial charge in [0.2, 0.25) is 0 Å². The SMILES string of the molecule is FC(F)(F)COc1cncc(N2CC3CNCC3C2)c1. The van der Waals surface area contributed by atoms with Crippen LogP contribution in [0.4, 0.5) is 18.9 Å². The van der Waals surface area contributed by atoms with Gasteiger partial charge in [-0.15, -0.1) is 0 Å². The molecule has 0 aromatic carbocycles. The topological polar surface area (TPSA) is 37.4 Å². The number of hydrogen-bond donors (Lipinski definition) is 1. The monoisotopic (exact) mass is 287 g/mol. The zero-order valence-corrected chi connectivity index (χ0v) is 10.9. The van der Waals surface area contributed by atoms with Crippen LogP contribution < -0.4 is 15.0 Å². The molecule has 1 N–H and O–H groups in total. The Morgan fingerprint density at radius 1 is 1.25 bits per heavy atom. The first kappa shape index (κ1) is 13.5. The van der Waals surface area contributed by atoms with E-state index in [1.165, 1.54) is 6.20 Å². The highest BCUT2D eigenvalue weighted by Gasteiger charge is 2.36. The molecule has 0 spiro atoms. The van der Waals surface area contributed by atoms with Crippen LogP contribution in [0.15, 0.2) is 18.5 Å². The van der Waals surface area contributed by atoms with E-state index in [-0.39, 0.29) is 5.75 Å². The van der Waals surface area contributed by atoms with Crippen molar-refractivity contribution in [1.82, 2.24) is 10.3 Å². The third-order valence-corrected chi connectivity index (χ3v) is 3.86. The van der Waals surface area contributed by atoms with Crippen LogP contribution in [0.1, 0.15) is 0 Å². The highest BCUT2D eigenvalue weighted by Crippen LogP contribution is 2.31. The van der Waals surface area contributed by atoms with Crippen molar-refractivity contribution in [2.45, 2.75) is 6.18 Å². The molecule has 0 aliphatic carbocycles. The first-order chi connectivity index (χ1) is 9.51. The lowest BCUT2D eigenvalue weighted by atomic mass is 10.0. The number of aromatic nitrogens is 1. The van der Waals surface area contributed by atoms with E-state index in [4.69, 9.17) is 4.74 Å². The third kappa shape index (κ3) is 2.98. The second-order valence-electron chi connectivity index (χ2n) is 5.37. The Morgan fingerprint density at radius 3 is 2.60 bits per heavy atom. The standard InChI is InChI=1S/C13H16F3N3O/c14-13(15,16)8-20-12-1-11(4-18-5-12)19-6-9-2-17-3-10(9)7-19/h1,4-5,9-10,17H,2-3,6-8H2. The highest BCUT2D eigenvalue weighted by atomic mass is 19.4. The van der Waals surface area contributed by atoms with Crippen molar-refractivity contribution in [3.8, 4) is 5.75 Å². The maximum atomic E-state index is 12.1. The van der Waals surface area contributed by atoms with Crippen LogP contribution in [0.5, 0.6) is 5.75 Å². The number of nitrogens with one attached hydrogen (secondary N) is 1. The lowest BCUT2D eigenvalue weighted by Crippen LogP contribution is -2.25. The minimum absolute atomic E-state index is 0.162. The Morgan fingerprint density at radius 2 is 1.95 bits per heavy atom. The van der Waals surface area contributed by atoms with Gasteiger partial charge in [-0.3, -0.25) is 4.98 Å². The van der Waals surface area contributed by atoms with Gasteiger partial charge in [-0.1, -0.05) is 0 Å². The maximum absolute atomic E-state index is 12.1. The molecule has 3 rings (SSSR count). The number of anilines is 1. The van der Waals surface area contributed by atoms with Crippen LogP contribution in [0.2, 0.25) is 0 Å². The van der Waals surface area contributed by atoms with Crippen LogP contribution in [0.3, 0.4) is 0 Å². The molecule has 2 aliphatic rings. The number of pyridine rings is 1. The zero-order valence-electron chi connectivity index (χ0n) is 10.9. The van der Waals surface area contributed by atoms with Gasteiger partial charge in [0.1, 0.15) is 5.75 Å². The molecule has 2 atom stereocenters. The van der Waals surface area contributed by atoms with E-state index in [1.807, 2.05) is 0 Å². The fourth-order valence-corrected chi connectivity index (χ4v) is 2.89. The van der Waals surface area contributed by atoms with Crippen molar-refractivity contribution in [3.05, 3.63) is 18.5 Å². The number of fused-ring (bicyclic) bond motifs is 1. The molecule has 7 heteroatoms. The van der Waals surface area contributed by atoms with Gasteiger partial charge in [-0.05, 0) is 11.8 Å². The zero-order chi connectivity index (χ0) is 14.2. The number of nitrogens with zero attached hydrogens (tertiary/aromatic N) is 2. The second kappa shape index (κ2) is 5.12. The Bertz CT molecular complexity index is 468. The van der Waals surface area contributed by atoms with Crippen LogP contribution in [-0.4, -0.2) is 43.9 Å². The normalized spacial score (nSPS) is 25.9. The van der Waals surface area contributed by atoms with E-state index >= 15 is 0 Å². The first-order valence-electron chi connectivity index (χ1n) is 6.61. The molecule has 0 radical (unpaired) electrons. The van der Waals surface area contributed by atoms with Gasteiger partial charge in [0.15, 0.2) is 6.61 Å². The largest absolute Gasteiger partial charge is 0.482 e. The fraction of sp³-hybridized carbons (Fsp3) is 0.615. The molecule has 0 amide bonds. The lowest BCUT2D eigenvalue weighted by molar-refractivity contribution is -0.153. The predicted octanol–water partition coefficient (Wildman–Crippen LogP) is 1.68. The maximum Gasteiger partial charge on any atom is 0.422 e. The summed E-state index contributed by atoms with van der Waals surface area (Å²) in [7, 11) is 0. The number of hydrogen-bond acceptors (Lipinski definition) is 4. The molecule has 110 valence electrons. The molecule has 2 saturated heterocycles. The smallest absolute Gasteiger partial charge is 0.422 e. The molecule has 0 bridgehead atoms. The van der Waals surface area contributed by atoms with Gasteiger partial charge < -0.3 is 15.0 Å².